The molecule has 0 aliphatic carbocycles. The average Bonchev–Trinajstić information content (AvgIpc) is 3.07. The van der Waals surface area contributed by atoms with E-state index < -0.39 is 16.1 Å². The first-order valence-electron chi connectivity index (χ1n) is 7.82. The highest BCUT2D eigenvalue weighted by Gasteiger charge is 2.28. The van der Waals surface area contributed by atoms with Crippen LogP contribution in [0.25, 0.3) is 0 Å². The van der Waals surface area contributed by atoms with Crippen LogP contribution in [0.15, 0.2) is 53.1 Å². The van der Waals surface area contributed by atoms with E-state index in [1.54, 1.807) is 55.3 Å². The third kappa shape index (κ3) is 5.82. The van der Waals surface area contributed by atoms with Gasteiger partial charge in [-0.2, -0.15) is 11.8 Å². The molecule has 0 radical (unpaired) electrons. The number of thioether (sulfide) groups is 1. The van der Waals surface area contributed by atoms with Gasteiger partial charge in [-0.15, -0.1) is 0 Å². The molecule has 0 fully saturated rings. The van der Waals surface area contributed by atoms with Gasteiger partial charge in [-0.05, 0) is 31.2 Å². The second kappa shape index (κ2) is 8.96. The monoisotopic (exact) mass is 382 g/mol. The summed E-state index contributed by atoms with van der Waals surface area (Å²) in [5, 5.41) is 2.79. The summed E-state index contributed by atoms with van der Waals surface area (Å²) in [7, 11) is -3.57. The number of benzene rings is 1. The third-order valence-corrected chi connectivity index (χ3v) is 5.69. The van der Waals surface area contributed by atoms with Crippen LogP contribution >= 0.6 is 11.8 Å². The molecule has 6 nitrogen and oxygen atoms in total. The molecule has 0 aliphatic rings. The van der Waals surface area contributed by atoms with Crippen LogP contribution in [0.2, 0.25) is 0 Å². The number of para-hydroxylation sites is 1. The summed E-state index contributed by atoms with van der Waals surface area (Å²) < 4.78 is 30.6. The standard InChI is InChI=1S/C17H22N2O4S2/c1-14(19(25(2,21)22)15-7-4-3-5-8-15)17(20)18-10-12-24-13-16-9-6-11-23-16/h3-9,11,14H,10,12-13H2,1-2H3,(H,18,20)/t14-/m0/s1. The number of nitrogens with zero attached hydrogens (tertiary/aromatic N) is 1. The first kappa shape index (κ1) is 19.4. The van der Waals surface area contributed by atoms with E-state index in [1.807, 2.05) is 12.1 Å². The van der Waals surface area contributed by atoms with Crippen LogP contribution in [0.3, 0.4) is 0 Å². The Morgan fingerprint density at radius 1 is 1.24 bits per heavy atom. The minimum absolute atomic E-state index is 0.326. The Morgan fingerprint density at radius 3 is 2.56 bits per heavy atom. The molecule has 0 aliphatic heterocycles. The van der Waals surface area contributed by atoms with Gasteiger partial charge in [-0.1, -0.05) is 18.2 Å². The Hall–Kier alpha value is -1.93. The number of carbonyl (C=O) groups is 1. The Morgan fingerprint density at radius 2 is 1.96 bits per heavy atom. The minimum Gasteiger partial charge on any atom is -0.468 e. The quantitative estimate of drug-likeness (QED) is 0.674. The van der Waals surface area contributed by atoms with Crippen LogP contribution in [-0.4, -0.2) is 38.9 Å². The maximum atomic E-state index is 12.4. The fourth-order valence-electron chi connectivity index (χ4n) is 2.35. The molecule has 1 atom stereocenters. The van der Waals surface area contributed by atoms with Crippen molar-refractivity contribution in [3.63, 3.8) is 0 Å². The van der Waals surface area contributed by atoms with E-state index in [-0.39, 0.29) is 5.91 Å². The van der Waals surface area contributed by atoms with Crippen molar-refractivity contribution in [2.45, 2.75) is 18.7 Å². The lowest BCUT2D eigenvalue weighted by atomic mass is 10.2. The average molecular weight is 383 g/mol. The number of hydrogen-bond acceptors (Lipinski definition) is 5. The van der Waals surface area contributed by atoms with Crippen LogP contribution in [0.1, 0.15) is 12.7 Å². The van der Waals surface area contributed by atoms with Gasteiger partial charge >= 0.3 is 0 Å². The van der Waals surface area contributed by atoms with Gasteiger partial charge in [0, 0.05) is 12.3 Å². The molecule has 2 aromatic rings. The zero-order valence-electron chi connectivity index (χ0n) is 14.2. The number of carbonyl (C=O) groups excluding carboxylic acids is 1. The Labute approximate surface area is 152 Å². The topological polar surface area (TPSA) is 79.6 Å². The first-order chi connectivity index (χ1) is 11.9. The van der Waals surface area contributed by atoms with E-state index in [9.17, 15) is 13.2 Å². The SMILES string of the molecule is C[C@@H](C(=O)NCCSCc1ccco1)N(c1ccccc1)S(C)(=O)=O. The van der Waals surface area contributed by atoms with Gasteiger partial charge in [0.15, 0.2) is 0 Å². The van der Waals surface area contributed by atoms with Gasteiger partial charge in [0.2, 0.25) is 15.9 Å². The molecule has 2 rings (SSSR count). The molecule has 0 spiro atoms. The lowest BCUT2D eigenvalue weighted by molar-refractivity contribution is -0.121. The molecule has 25 heavy (non-hydrogen) atoms. The van der Waals surface area contributed by atoms with Crippen molar-refractivity contribution in [3.8, 4) is 0 Å². The van der Waals surface area contributed by atoms with E-state index in [1.165, 1.54) is 0 Å². The molecule has 0 bridgehead atoms. The molecular weight excluding hydrogens is 360 g/mol. The second-order valence-corrected chi connectivity index (χ2v) is 8.46. The Bertz CT molecular complexity index is 761. The van der Waals surface area contributed by atoms with Crippen LogP contribution in [0.4, 0.5) is 5.69 Å². The van der Waals surface area contributed by atoms with Gasteiger partial charge in [-0.3, -0.25) is 9.10 Å². The van der Waals surface area contributed by atoms with Gasteiger partial charge in [-0.25, -0.2) is 8.42 Å². The summed E-state index contributed by atoms with van der Waals surface area (Å²) in [5.41, 5.74) is 0.472. The summed E-state index contributed by atoms with van der Waals surface area (Å²) in [5.74, 6) is 2.01. The maximum Gasteiger partial charge on any atom is 0.243 e. The number of furan rings is 1. The van der Waals surface area contributed by atoms with Crippen molar-refractivity contribution in [2.75, 3.05) is 22.9 Å². The van der Waals surface area contributed by atoms with Crippen LogP contribution in [-0.2, 0) is 20.6 Å². The molecule has 0 saturated carbocycles. The second-order valence-electron chi connectivity index (χ2n) is 5.49. The number of sulfonamides is 1. The van der Waals surface area contributed by atoms with E-state index in [2.05, 4.69) is 5.32 Å². The summed E-state index contributed by atoms with van der Waals surface area (Å²) in [6.45, 7) is 2.04. The number of hydrogen-bond donors (Lipinski definition) is 1. The number of nitrogens with one attached hydrogen (secondary N) is 1. The highest BCUT2D eigenvalue weighted by atomic mass is 32.2. The van der Waals surface area contributed by atoms with E-state index in [0.717, 1.165) is 22.1 Å². The lowest BCUT2D eigenvalue weighted by Crippen LogP contribution is -2.48. The largest absolute Gasteiger partial charge is 0.468 e. The summed E-state index contributed by atoms with van der Waals surface area (Å²) in [4.78, 5) is 12.4. The van der Waals surface area contributed by atoms with Crippen molar-refractivity contribution >= 4 is 33.4 Å². The van der Waals surface area contributed by atoms with Gasteiger partial charge < -0.3 is 9.73 Å². The molecule has 1 heterocycles. The minimum atomic E-state index is -3.57. The predicted molar refractivity (Wildman–Crippen MR) is 101 cm³/mol. The highest BCUT2D eigenvalue weighted by molar-refractivity contribution is 7.98. The lowest BCUT2D eigenvalue weighted by Gasteiger charge is -2.28. The summed E-state index contributed by atoms with van der Waals surface area (Å²) in [6, 6.07) is 11.5. The molecule has 1 aromatic carbocycles. The molecule has 8 heteroatoms. The molecule has 136 valence electrons. The highest BCUT2D eigenvalue weighted by Crippen LogP contribution is 2.20. The predicted octanol–water partition coefficient (Wildman–Crippen LogP) is 2.48. The molecule has 1 aromatic heterocycles. The zero-order valence-corrected chi connectivity index (χ0v) is 15.8. The molecule has 0 unspecified atom stereocenters. The summed E-state index contributed by atoms with van der Waals surface area (Å²) in [6.07, 6.45) is 2.73. The Balaban J connectivity index is 1.88. The van der Waals surface area contributed by atoms with Crippen LogP contribution in [0, 0.1) is 0 Å². The Kier molecular flexibility index (Phi) is 6.95. The molecular formula is C17H22N2O4S2. The third-order valence-electron chi connectivity index (χ3n) is 3.47. The fourth-order valence-corrected chi connectivity index (χ4v) is 4.28. The molecule has 1 N–H and O–H groups in total. The van der Waals surface area contributed by atoms with Crippen LogP contribution < -0.4 is 9.62 Å². The first-order valence-corrected chi connectivity index (χ1v) is 10.8. The normalized spacial score (nSPS) is 12.6. The van der Waals surface area contributed by atoms with Gasteiger partial charge in [0.25, 0.3) is 0 Å². The van der Waals surface area contributed by atoms with Crippen molar-refractivity contribution in [3.05, 3.63) is 54.5 Å². The van der Waals surface area contributed by atoms with E-state index >= 15 is 0 Å². The molecule has 0 saturated heterocycles. The van der Waals surface area contributed by atoms with Crippen molar-refractivity contribution in [1.29, 1.82) is 0 Å². The number of rotatable bonds is 9. The van der Waals surface area contributed by atoms with Gasteiger partial charge in [0.05, 0.1) is 24.0 Å². The maximum absolute atomic E-state index is 12.4. The van der Waals surface area contributed by atoms with Crippen molar-refractivity contribution < 1.29 is 17.6 Å². The smallest absolute Gasteiger partial charge is 0.243 e. The van der Waals surface area contributed by atoms with Crippen molar-refractivity contribution in [1.82, 2.24) is 5.32 Å². The zero-order chi connectivity index (χ0) is 18.3. The van der Waals surface area contributed by atoms with E-state index in [4.69, 9.17) is 4.42 Å². The number of amides is 1. The van der Waals surface area contributed by atoms with Crippen LogP contribution in [0.5, 0.6) is 0 Å². The number of anilines is 1. The molecule has 1 amide bonds. The van der Waals surface area contributed by atoms with Gasteiger partial charge in [0.1, 0.15) is 11.8 Å². The van der Waals surface area contributed by atoms with E-state index in [0.29, 0.717) is 18.0 Å². The van der Waals surface area contributed by atoms with Crippen molar-refractivity contribution in [2.24, 2.45) is 0 Å². The fraction of sp³-hybridized carbons (Fsp3) is 0.353. The summed E-state index contributed by atoms with van der Waals surface area (Å²) >= 11 is 1.63.